The minimum absolute atomic E-state index is 0.690. The van der Waals surface area contributed by atoms with Gasteiger partial charge in [0.15, 0.2) is 0 Å². The molecule has 0 spiro atoms. The van der Waals surface area contributed by atoms with Gasteiger partial charge in [0.25, 0.3) is 0 Å². The first kappa shape index (κ1) is 11.4. The Balaban J connectivity index is 1.96. The largest absolute Gasteiger partial charge is 0.481 e. The van der Waals surface area contributed by atoms with Crippen molar-refractivity contribution in [3.63, 3.8) is 0 Å². The van der Waals surface area contributed by atoms with Gasteiger partial charge in [0.2, 0.25) is 5.88 Å². The Labute approximate surface area is 97.4 Å². The van der Waals surface area contributed by atoms with Crippen LogP contribution >= 0.6 is 0 Å². The molecule has 0 amide bonds. The van der Waals surface area contributed by atoms with E-state index in [4.69, 9.17) is 4.74 Å². The first-order valence-electron chi connectivity index (χ1n) is 6.02. The van der Waals surface area contributed by atoms with Gasteiger partial charge in [-0.05, 0) is 31.9 Å². The molecule has 0 N–H and O–H groups in total. The van der Waals surface area contributed by atoms with Crippen molar-refractivity contribution in [3.8, 4) is 5.88 Å². The Morgan fingerprint density at radius 2 is 2.31 bits per heavy atom. The van der Waals surface area contributed by atoms with Crippen molar-refractivity contribution in [3.05, 3.63) is 23.9 Å². The smallest absolute Gasteiger partial charge is 0.212 e. The van der Waals surface area contributed by atoms with Crippen molar-refractivity contribution in [1.82, 2.24) is 9.88 Å². The summed E-state index contributed by atoms with van der Waals surface area (Å²) in [6.07, 6.45) is 5.94. The summed E-state index contributed by atoms with van der Waals surface area (Å²) in [5.41, 5.74) is 1.27. The fourth-order valence-electron chi connectivity index (χ4n) is 2.25. The van der Waals surface area contributed by atoms with Gasteiger partial charge >= 0.3 is 0 Å². The minimum atomic E-state index is 0.690. The first-order valence-corrected chi connectivity index (χ1v) is 6.02. The van der Waals surface area contributed by atoms with Crippen molar-refractivity contribution in [2.45, 2.75) is 38.8 Å². The molecule has 0 radical (unpaired) electrons. The predicted molar refractivity (Wildman–Crippen MR) is 64.5 cm³/mol. The molecule has 16 heavy (non-hydrogen) atoms. The maximum absolute atomic E-state index is 5.06. The Kier molecular flexibility index (Phi) is 3.78. The Morgan fingerprint density at radius 3 is 2.94 bits per heavy atom. The number of aromatic nitrogens is 1. The molecule has 0 saturated carbocycles. The highest BCUT2D eigenvalue weighted by Crippen LogP contribution is 2.19. The molecular formula is C13H20N2O. The van der Waals surface area contributed by atoms with E-state index in [1.807, 2.05) is 12.3 Å². The van der Waals surface area contributed by atoms with Gasteiger partial charge < -0.3 is 4.74 Å². The lowest BCUT2D eigenvalue weighted by Gasteiger charge is -2.33. The van der Waals surface area contributed by atoms with Crippen LogP contribution in [0.4, 0.5) is 0 Å². The van der Waals surface area contributed by atoms with Gasteiger partial charge in [-0.1, -0.05) is 12.5 Å². The van der Waals surface area contributed by atoms with E-state index < -0.39 is 0 Å². The molecule has 2 rings (SSSR count). The lowest BCUT2D eigenvalue weighted by atomic mass is 10.0. The van der Waals surface area contributed by atoms with Crippen molar-refractivity contribution in [2.24, 2.45) is 0 Å². The van der Waals surface area contributed by atoms with Gasteiger partial charge in [-0.15, -0.1) is 0 Å². The number of piperidine rings is 1. The fraction of sp³-hybridized carbons (Fsp3) is 0.615. The van der Waals surface area contributed by atoms with Crippen LogP contribution in [-0.4, -0.2) is 29.6 Å². The second kappa shape index (κ2) is 5.30. The number of hydrogen-bond donors (Lipinski definition) is 0. The summed E-state index contributed by atoms with van der Waals surface area (Å²) < 4.78 is 5.06. The van der Waals surface area contributed by atoms with Gasteiger partial charge in [-0.3, -0.25) is 4.90 Å². The summed E-state index contributed by atoms with van der Waals surface area (Å²) in [5.74, 6) is 0.690. The highest BCUT2D eigenvalue weighted by atomic mass is 16.5. The summed E-state index contributed by atoms with van der Waals surface area (Å²) in [6, 6.07) is 4.74. The van der Waals surface area contributed by atoms with E-state index in [0.29, 0.717) is 11.9 Å². The van der Waals surface area contributed by atoms with Crippen LogP contribution in [-0.2, 0) is 6.54 Å². The zero-order chi connectivity index (χ0) is 11.4. The van der Waals surface area contributed by atoms with Gasteiger partial charge in [0, 0.05) is 24.8 Å². The SMILES string of the molecule is COc1ccc(CN2CCCC[C@@H]2C)cn1. The Bertz CT molecular complexity index is 323. The topological polar surface area (TPSA) is 25.4 Å². The molecule has 0 unspecified atom stereocenters. The van der Waals surface area contributed by atoms with Crippen LogP contribution in [0.1, 0.15) is 31.7 Å². The molecule has 0 aliphatic carbocycles. The number of pyridine rings is 1. The third-order valence-electron chi connectivity index (χ3n) is 3.33. The molecular weight excluding hydrogens is 200 g/mol. The van der Waals surface area contributed by atoms with E-state index in [0.717, 1.165) is 6.54 Å². The lowest BCUT2D eigenvalue weighted by Crippen LogP contribution is -2.36. The highest BCUT2D eigenvalue weighted by molar-refractivity contribution is 5.17. The van der Waals surface area contributed by atoms with Crippen LogP contribution in [0.2, 0.25) is 0 Å². The third-order valence-corrected chi connectivity index (χ3v) is 3.33. The second-order valence-electron chi connectivity index (χ2n) is 4.52. The zero-order valence-corrected chi connectivity index (χ0v) is 10.1. The number of hydrogen-bond acceptors (Lipinski definition) is 3. The van der Waals surface area contributed by atoms with Crippen molar-refractivity contribution >= 4 is 0 Å². The maximum atomic E-state index is 5.06. The summed E-state index contributed by atoms with van der Waals surface area (Å²) >= 11 is 0. The van der Waals surface area contributed by atoms with Gasteiger partial charge in [-0.2, -0.15) is 0 Å². The monoisotopic (exact) mass is 220 g/mol. The summed E-state index contributed by atoms with van der Waals surface area (Å²) in [4.78, 5) is 6.77. The van der Waals surface area contributed by atoms with Gasteiger partial charge in [0.1, 0.15) is 0 Å². The quantitative estimate of drug-likeness (QED) is 0.782. The van der Waals surface area contributed by atoms with Crippen LogP contribution in [0.5, 0.6) is 5.88 Å². The molecule has 2 heterocycles. The van der Waals surface area contributed by atoms with E-state index in [2.05, 4.69) is 22.9 Å². The van der Waals surface area contributed by atoms with Crippen LogP contribution in [0.3, 0.4) is 0 Å². The molecule has 1 aromatic rings. The second-order valence-corrected chi connectivity index (χ2v) is 4.52. The molecule has 1 saturated heterocycles. The van der Waals surface area contributed by atoms with Crippen LogP contribution < -0.4 is 4.74 Å². The molecule has 1 atom stereocenters. The Morgan fingerprint density at radius 1 is 1.44 bits per heavy atom. The molecule has 0 aromatic carbocycles. The number of ether oxygens (including phenoxy) is 1. The van der Waals surface area contributed by atoms with Crippen molar-refractivity contribution in [2.75, 3.05) is 13.7 Å². The summed E-state index contributed by atoms with van der Waals surface area (Å²) in [5, 5.41) is 0. The maximum Gasteiger partial charge on any atom is 0.212 e. The van der Waals surface area contributed by atoms with E-state index >= 15 is 0 Å². The van der Waals surface area contributed by atoms with Crippen LogP contribution in [0, 0.1) is 0 Å². The number of methoxy groups -OCH3 is 1. The molecule has 0 bridgehead atoms. The van der Waals surface area contributed by atoms with E-state index in [9.17, 15) is 0 Å². The molecule has 1 fully saturated rings. The summed E-state index contributed by atoms with van der Waals surface area (Å²) in [6.45, 7) is 4.54. The number of nitrogens with zero attached hydrogens (tertiary/aromatic N) is 2. The van der Waals surface area contributed by atoms with Crippen LogP contribution in [0.25, 0.3) is 0 Å². The molecule has 1 aromatic heterocycles. The van der Waals surface area contributed by atoms with Crippen LogP contribution in [0.15, 0.2) is 18.3 Å². The molecule has 3 nitrogen and oxygen atoms in total. The van der Waals surface area contributed by atoms with Gasteiger partial charge in [-0.25, -0.2) is 4.98 Å². The molecule has 1 aliphatic rings. The van der Waals surface area contributed by atoms with Crippen molar-refractivity contribution in [1.29, 1.82) is 0 Å². The average Bonchev–Trinajstić information content (AvgIpc) is 2.33. The van der Waals surface area contributed by atoms with Crippen molar-refractivity contribution < 1.29 is 4.74 Å². The molecule has 88 valence electrons. The minimum Gasteiger partial charge on any atom is -0.481 e. The molecule has 1 aliphatic heterocycles. The number of rotatable bonds is 3. The molecule has 3 heteroatoms. The van der Waals surface area contributed by atoms with E-state index in [1.165, 1.54) is 31.4 Å². The predicted octanol–water partition coefficient (Wildman–Crippen LogP) is 2.46. The zero-order valence-electron chi connectivity index (χ0n) is 10.1. The highest BCUT2D eigenvalue weighted by Gasteiger charge is 2.17. The van der Waals surface area contributed by atoms with Gasteiger partial charge in [0.05, 0.1) is 7.11 Å². The van der Waals surface area contributed by atoms with E-state index in [1.54, 1.807) is 7.11 Å². The summed E-state index contributed by atoms with van der Waals surface area (Å²) in [7, 11) is 1.65. The number of likely N-dealkylation sites (tertiary alicyclic amines) is 1. The lowest BCUT2D eigenvalue weighted by molar-refractivity contribution is 0.152. The normalized spacial score (nSPS) is 22.0. The average molecular weight is 220 g/mol. The van der Waals surface area contributed by atoms with E-state index in [-0.39, 0.29) is 0 Å². The standard InChI is InChI=1S/C13H20N2O/c1-11-5-3-4-8-15(11)10-12-6-7-13(16-2)14-9-12/h6-7,9,11H,3-5,8,10H2,1-2H3/t11-/m0/s1. The fourth-order valence-corrected chi connectivity index (χ4v) is 2.25. The first-order chi connectivity index (χ1) is 7.79. The third kappa shape index (κ3) is 2.73. The Hall–Kier alpha value is -1.09.